The molecule has 0 atom stereocenters. The number of halogens is 1. The summed E-state index contributed by atoms with van der Waals surface area (Å²) in [6.45, 7) is 1.28. The lowest BCUT2D eigenvalue weighted by molar-refractivity contribution is 0.0437. The average Bonchev–Trinajstić information content (AvgIpc) is 3.29. The Morgan fingerprint density at radius 3 is 2.58 bits per heavy atom. The van der Waals surface area contributed by atoms with Gasteiger partial charge in [0.2, 0.25) is 15.8 Å². The molecule has 4 rings (SSSR count). The number of esters is 1. The van der Waals surface area contributed by atoms with Crippen LogP contribution in [0.25, 0.3) is 11.3 Å². The van der Waals surface area contributed by atoms with Crippen LogP contribution in [0.5, 0.6) is 0 Å². The van der Waals surface area contributed by atoms with Gasteiger partial charge in [0.05, 0.1) is 23.1 Å². The molecule has 2 aromatic carbocycles. The molecule has 0 bridgehead atoms. The van der Waals surface area contributed by atoms with E-state index >= 15 is 0 Å². The molecule has 1 aromatic heterocycles. The lowest BCUT2D eigenvalue weighted by Crippen LogP contribution is -2.40. The van der Waals surface area contributed by atoms with Crippen molar-refractivity contribution in [2.24, 2.45) is 0 Å². The first-order chi connectivity index (χ1) is 14.9. The molecule has 0 aliphatic carbocycles. The number of hydrogen-bond donors (Lipinski definition) is 0. The van der Waals surface area contributed by atoms with Gasteiger partial charge in [-0.1, -0.05) is 35.9 Å². The maximum absolute atomic E-state index is 12.8. The van der Waals surface area contributed by atoms with Crippen molar-refractivity contribution in [2.75, 3.05) is 26.3 Å². The minimum absolute atomic E-state index is 0.0343. The molecule has 0 radical (unpaired) electrons. The van der Waals surface area contributed by atoms with Crippen LogP contribution in [-0.2, 0) is 26.1 Å². The number of hydrogen-bond acceptors (Lipinski definition) is 6. The first-order valence-corrected chi connectivity index (χ1v) is 11.5. The van der Waals surface area contributed by atoms with Gasteiger partial charge in [-0.15, -0.1) is 0 Å². The summed E-state index contributed by atoms with van der Waals surface area (Å²) < 4.78 is 43.1. The molecule has 1 aliphatic rings. The van der Waals surface area contributed by atoms with E-state index in [4.69, 9.17) is 25.5 Å². The Balaban J connectivity index is 1.43. The summed E-state index contributed by atoms with van der Waals surface area (Å²) in [6.07, 6.45) is 0. The number of sulfonamides is 1. The van der Waals surface area contributed by atoms with E-state index in [9.17, 15) is 13.2 Å². The van der Waals surface area contributed by atoms with Crippen molar-refractivity contribution in [3.05, 3.63) is 77.0 Å². The summed E-state index contributed by atoms with van der Waals surface area (Å²) in [6, 6.07) is 16.7. The van der Waals surface area contributed by atoms with Crippen molar-refractivity contribution in [1.29, 1.82) is 0 Å². The summed E-state index contributed by atoms with van der Waals surface area (Å²) in [5.41, 5.74) is 1.23. The molecule has 3 aromatic rings. The van der Waals surface area contributed by atoms with Gasteiger partial charge in [0, 0.05) is 18.7 Å². The second-order valence-corrected chi connectivity index (χ2v) is 9.23. The highest BCUT2D eigenvalue weighted by molar-refractivity contribution is 7.89. The van der Waals surface area contributed by atoms with Crippen LogP contribution in [0.15, 0.2) is 70.0 Å². The number of morpholine rings is 1. The number of benzene rings is 2. The van der Waals surface area contributed by atoms with E-state index in [1.54, 1.807) is 36.4 Å². The average molecular weight is 462 g/mol. The molecular formula is C22H20ClNO6S. The molecule has 0 amide bonds. The SMILES string of the molecule is O=C(OCc1cccc(S(=O)(=O)N2CCOCC2)c1)c1ccc(-c2ccccc2Cl)o1. The molecule has 0 spiro atoms. The van der Waals surface area contributed by atoms with Gasteiger partial charge in [0.15, 0.2) is 0 Å². The topological polar surface area (TPSA) is 86.1 Å². The van der Waals surface area contributed by atoms with Gasteiger partial charge in [-0.25, -0.2) is 13.2 Å². The van der Waals surface area contributed by atoms with Gasteiger partial charge in [-0.05, 0) is 42.0 Å². The smallest absolute Gasteiger partial charge is 0.374 e. The highest BCUT2D eigenvalue weighted by Gasteiger charge is 2.26. The number of carbonyl (C=O) groups is 1. The maximum atomic E-state index is 12.8. The van der Waals surface area contributed by atoms with E-state index < -0.39 is 16.0 Å². The molecule has 2 heterocycles. The minimum atomic E-state index is -3.62. The number of furan rings is 1. The summed E-state index contributed by atoms with van der Waals surface area (Å²) in [4.78, 5) is 12.5. The molecule has 162 valence electrons. The Morgan fingerprint density at radius 2 is 1.81 bits per heavy atom. The van der Waals surface area contributed by atoms with Crippen LogP contribution in [-0.4, -0.2) is 45.0 Å². The Hall–Kier alpha value is -2.65. The van der Waals surface area contributed by atoms with Gasteiger partial charge in [0.25, 0.3) is 0 Å². The molecular weight excluding hydrogens is 442 g/mol. The van der Waals surface area contributed by atoms with Crippen LogP contribution in [0.2, 0.25) is 5.02 Å². The largest absolute Gasteiger partial charge is 0.455 e. The summed E-state index contributed by atoms with van der Waals surface area (Å²) in [7, 11) is -3.62. The van der Waals surface area contributed by atoms with Crippen molar-refractivity contribution in [2.45, 2.75) is 11.5 Å². The first-order valence-electron chi connectivity index (χ1n) is 9.64. The van der Waals surface area contributed by atoms with Gasteiger partial charge < -0.3 is 13.9 Å². The Bertz CT molecular complexity index is 1180. The summed E-state index contributed by atoms with van der Waals surface area (Å²) in [5.74, 6) is -0.164. The Labute approximate surface area is 185 Å². The lowest BCUT2D eigenvalue weighted by Gasteiger charge is -2.26. The zero-order valence-electron chi connectivity index (χ0n) is 16.5. The predicted octanol–water partition coefficient (Wildman–Crippen LogP) is 3.98. The third-order valence-electron chi connectivity index (χ3n) is 4.82. The monoisotopic (exact) mass is 461 g/mol. The van der Waals surface area contributed by atoms with E-state index in [2.05, 4.69) is 0 Å². The Kier molecular flexibility index (Phi) is 6.43. The van der Waals surface area contributed by atoms with Crippen LogP contribution in [0.4, 0.5) is 0 Å². The normalized spacial score (nSPS) is 15.0. The fraction of sp³-hybridized carbons (Fsp3) is 0.227. The number of carbonyl (C=O) groups excluding carboxylic acids is 1. The highest BCUT2D eigenvalue weighted by Crippen LogP contribution is 2.29. The van der Waals surface area contributed by atoms with Crippen LogP contribution in [0, 0.1) is 0 Å². The minimum Gasteiger partial charge on any atom is -0.455 e. The second-order valence-electron chi connectivity index (χ2n) is 6.88. The number of ether oxygens (including phenoxy) is 2. The van der Waals surface area contributed by atoms with Crippen molar-refractivity contribution in [3.8, 4) is 11.3 Å². The summed E-state index contributed by atoms with van der Waals surface area (Å²) in [5, 5.41) is 0.509. The van der Waals surface area contributed by atoms with E-state index in [-0.39, 0.29) is 17.3 Å². The molecule has 0 unspecified atom stereocenters. The van der Waals surface area contributed by atoms with E-state index in [1.807, 2.05) is 6.07 Å². The molecule has 0 N–H and O–H groups in total. The molecule has 7 nitrogen and oxygen atoms in total. The van der Waals surface area contributed by atoms with E-state index in [0.29, 0.717) is 48.2 Å². The third-order valence-corrected chi connectivity index (χ3v) is 7.05. The molecule has 31 heavy (non-hydrogen) atoms. The lowest BCUT2D eigenvalue weighted by atomic mass is 10.2. The fourth-order valence-corrected chi connectivity index (χ4v) is 4.91. The van der Waals surface area contributed by atoms with Crippen LogP contribution in [0.1, 0.15) is 16.1 Å². The van der Waals surface area contributed by atoms with Crippen molar-refractivity contribution < 1.29 is 27.1 Å². The van der Waals surface area contributed by atoms with Crippen LogP contribution < -0.4 is 0 Å². The maximum Gasteiger partial charge on any atom is 0.374 e. The molecule has 1 aliphatic heterocycles. The zero-order chi connectivity index (χ0) is 21.8. The van der Waals surface area contributed by atoms with Crippen molar-refractivity contribution in [1.82, 2.24) is 4.31 Å². The predicted molar refractivity (Wildman–Crippen MR) is 114 cm³/mol. The van der Waals surface area contributed by atoms with Gasteiger partial charge in [-0.3, -0.25) is 0 Å². The second kappa shape index (κ2) is 9.23. The first kappa shape index (κ1) is 21.6. The highest BCUT2D eigenvalue weighted by atomic mass is 35.5. The fourth-order valence-electron chi connectivity index (χ4n) is 3.21. The standard InChI is InChI=1S/C22H20ClNO6S/c23-19-7-2-1-6-18(19)20-8-9-21(30-20)22(25)29-15-16-4-3-5-17(14-16)31(26,27)24-10-12-28-13-11-24/h1-9,14H,10-13,15H2. The molecule has 0 saturated carbocycles. The third kappa shape index (κ3) is 4.83. The van der Waals surface area contributed by atoms with Crippen molar-refractivity contribution in [3.63, 3.8) is 0 Å². The zero-order valence-corrected chi connectivity index (χ0v) is 18.1. The van der Waals surface area contributed by atoms with Gasteiger partial charge in [0.1, 0.15) is 12.4 Å². The number of nitrogens with zero attached hydrogens (tertiary/aromatic N) is 1. The number of rotatable bonds is 6. The van der Waals surface area contributed by atoms with Gasteiger partial charge >= 0.3 is 5.97 Å². The summed E-state index contributed by atoms with van der Waals surface area (Å²) >= 11 is 6.16. The Morgan fingerprint density at radius 1 is 1.03 bits per heavy atom. The quantitative estimate of drug-likeness (QED) is 0.516. The molecule has 9 heteroatoms. The molecule has 1 fully saturated rings. The molecule has 1 saturated heterocycles. The van der Waals surface area contributed by atoms with Crippen molar-refractivity contribution >= 4 is 27.6 Å². The van der Waals surface area contributed by atoms with E-state index in [1.165, 1.54) is 22.5 Å². The van der Waals surface area contributed by atoms with Gasteiger partial charge in [-0.2, -0.15) is 4.31 Å². The van der Waals surface area contributed by atoms with E-state index in [0.717, 1.165) is 0 Å². The van der Waals surface area contributed by atoms with Crippen LogP contribution in [0.3, 0.4) is 0 Å². The van der Waals surface area contributed by atoms with Crippen LogP contribution >= 0.6 is 11.6 Å².